The molecule has 0 aliphatic carbocycles. The van der Waals surface area contributed by atoms with Gasteiger partial charge in [-0.3, -0.25) is 10.1 Å². The summed E-state index contributed by atoms with van der Waals surface area (Å²) in [6, 6.07) is 1.48. The van der Waals surface area contributed by atoms with Crippen LogP contribution in [-0.2, 0) is 10.0 Å². The Kier molecular flexibility index (Phi) is 4.76. The van der Waals surface area contributed by atoms with Crippen molar-refractivity contribution in [1.29, 1.82) is 0 Å². The van der Waals surface area contributed by atoms with Gasteiger partial charge in [0.1, 0.15) is 0 Å². The van der Waals surface area contributed by atoms with E-state index < -0.39 is 27.1 Å². The molecule has 0 saturated heterocycles. The topological polar surface area (TPSA) is 110 Å². The maximum Gasteiger partial charge on any atom is 0.276 e. The van der Waals surface area contributed by atoms with E-state index in [1.54, 1.807) is 13.8 Å². The summed E-state index contributed by atoms with van der Waals surface area (Å²) in [5, 5.41) is 20.3. The van der Waals surface area contributed by atoms with Crippen LogP contribution >= 0.6 is 0 Å². The minimum atomic E-state index is -3.98. The van der Waals surface area contributed by atoms with Crippen LogP contribution in [0.15, 0.2) is 11.0 Å². The third-order valence-corrected chi connectivity index (χ3v) is 5.10. The van der Waals surface area contributed by atoms with Crippen molar-refractivity contribution >= 4 is 15.7 Å². The number of hydrogen-bond donors (Lipinski definition) is 2. The summed E-state index contributed by atoms with van der Waals surface area (Å²) < 4.78 is 27.3. The van der Waals surface area contributed by atoms with E-state index in [1.807, 2.05) is 0 Å². The first-order chi connectivity index (χ1) is 9.43. The predicted molar refractivity (Wildman–Crippen MR) is 78.8 cm³/mol. The van der Waals surface area contributed by atoms with Crippen LogP contribution < -0.4 is 4.72 Å². The monoisotopic (exact) mass is 316 g/mol. The lowest BCUT2D eigenvalue weighted by atomic mass is 10.1. The molecule has 7 nitrogen and oxygen atoms in total. The Labute approximate surface area is 124 Å². The number of aliphatic hydroxyl groups is 1. The average molecular weight is 316 g/mol. The maximum absolute atomic E-state index is 12.5. The smallest absolute Gasteiger partial charge is 0.276 e. The third kappa shape index (κ3) is 3.58. The molecule has 0 amide bonds. The second-order valence-corrected chi connectivity index (χ2v) is 7.34. The van der Waals surface area contributed by atoms with Gasteiger partial charge in [0, 0.05) is 11.1 Å². The van der Waals surface area contributed by atoms with Crippen LogP contribution in [-0.4, -0.2) is 30.6 Å². The molecule has 0 radical (unpaired) electrons. The van der Waals surface area contributed by atoms with Gasteiger partial charge in [-0.2, -0.15) is 0 Å². The van der Waals surface area contributed by atoms with Gasteiger partial charge in [0.2, 0.25) is 10.0 Å². The maximum atomic E-state index is 12.5. The molecule has 1 aromatic rings. The Bertz CT molecular complexity index is 680. The Balaban J connectivity index is 3.57. The van der Waals surface area contributed by atoms with E-state index >= 15 is 0 Å². The van der Waals surface area contributed by atoms with E-state index in [0.29, 0.717) is 11.1 Å². The molecule has 8 heteroatoms. The SMILES string of the molecule is Cc1cc(C)c(S(=O)(=O)NC(C)(C)CO)c(C)c1[N+](=O)[O-]. The number of sulfonamides is 1. The summed E-state index contributed by atoms with van der Waals surface area (Å²) in [5.74, 6) is 0. The van der Waals surface area contributed by atoms with Gasteiger partial charge in [0.15, 0.2) is 0 Å². The molecule has 2 N–H and O–H groups in total. The number of nitrogens with one attached hydrogen (secondary N) is 1. The summed E-state index contributed by atoms with van der Waals surface area (Å²) in [6.45, 7) is 7.23. The van der Waals surface area contributed by atoms with Gasteiger partial charge in [-0.05, 0) is 46.2 Å². The number of nitrogens with zero attached hydrogens (tertiary/aromatic N) is 1. The van der Waals surface area contributed by atoms with E-state index in [-0.39, 0.29) is 16.1 Å². The highest BCUT2D eigenvalue weighted by Crippen LogP contribution is 2.32. The fourth-order valence-corrected chi connectivity index (χ4v) is 4.18. The Morgan fingerprint density at radius 3 is 2.24 bits per heavy atom. The zero-order valence-electron chi connectivity index (χ0n) is 12.7. The number of benzene rings is 1. The molecule has 0 aromatic heterocycles. The highest BCUT2D eigenvalue weighted by molar-refractivity contribution is 7.89. The van der Waals surface area contributed by atoms with Crippen molar-refractivity contribution in [3.05, 3.63) is 32.9 Å². The lowest BCUT2D eigenvalue weighted by Crippen LogP contribution is -2.46. The van der Waals surface area contributed by atoms with Crippen molar-refractivity contribution in [1.82, 2.24) is 4.72 Å². The summed E-state index contributed by atoms with van der Waals surface area (Å²) in [7, 11) is -3.98. The molecule has 118 valence electrons. The van der Waals surface area contributed by atoms with Gasteiger partial charge in [-0.1, -0.05) is 0 Å². The van der Waals surface area contributed by atoms with Crippen molar-refractivity contribution in [3.8, 4) is 0 Å². The van der Waals surface area contributed by atoms with Gasteiger partial charge in [0.25, 0.3) is 5.69 Å². The largest absolute Gasteiger partial charge is 0.394 e. The van der Waals surface area contributed by atoms with Crippen molar-refractivity contribution in [3.63, 3.8) is 0 Å². The second kappa shape index (κ2) is 5.70. The normalized spacial score (nSPS) is 12.5. The number of nitro groups is 1. The Morgan fingerprint density at radius 2 is 1.81 bits per heavy atom. The fraction of sp³-hybridized carbons (Fsp3) is 0.538. The first-order valence-corrected chi connectivity index (χ1v) is 7.81. The summed E-state index contributed by atoms with van der Waals surface area (Å²) in [4.78, 5) is 10.4. The molecule has 0 unspecified atom stereocenters. The van der Waals surface area contributed by atoms with E-state index in [2.05, 4.69) is 4.72 Å². The van der Waals surface area contributed by atoms with Gasteiger partial charge in [0.05, 0.1) is 22.0 Å². The number of nitro benzene ring substituents is 1. The predicted octanol–water partition coefficient (Wildman–Crippen LogP) is 1.57. The Hall–Kier alpha value is -1.51. The van der Waals surface area contributed by atoms with Crippen LogP contribution in [0, 0.1) is 30.9 Å². The quantitative estimate of drug-likeness (QED) is 0.633. The molecule has 1 aromatic carbocycles. The average Bonchev–Trinajstić information content (AvgIpc) is 2.25. The molecular weight excluding hydrogens is 296 g/mol. The van der Waals surface area contributed by atoms with E-state index in [1.165, 1.54) is 26.8 Å². The van der Waals surface area contributed by atoms with Crippen molar-refractivity contribution in [2.24, 2.45) is 0 Å². The summed E-state index contributed by atoms with van der Waals surface area (Å²) in [5.41, 5.74) is -0.328. The van der Waals surface area contributed by atoms with E-state index in [9.17, 15) is 23.6 Å². The minimum Gasteiger partial charge on any atom is -0.394 e. The number of aliphatic hydroxyl groups excluding tert-OH is 1. The van der Waals surface area contributed by atoms with E-state index in [0.717, 1.165) is 0 Å². The lowest BCUT2D eigenvalue weighted by Gasteiger charge is -2.24. The van der Waals surface area contributed by atoms with Crippen LogP contribution in [0.25, 0.3) is 0 Å². The van der Waals surface area contributed by atoms with Gasteiger partial charge < -0.3 is 5.11 Å². The van der Waals surface area contributed by atoms with Crippen LogP contribution in [0.4, 0.5) is 5.69 Å². The molecule has 0 bridgehead atoms. The third-order valence-electron chi connectivity index (χ3n) is 3.12. The molecule has 0 aliphatic heterocycles. The number of aryl methyl sites for hydroxylation is 2. The van der Waals surface area contributed by atoms with Gasteiger partial charge >= 0.3 is 0 Å². The Morgan fingerprint density at radius 1 is 1.29 bits per heavy atom. The van der Waals surface area contributed by atoms with Crippen LogP contribution in [0.5, 0.6) is 0 Å². The molecule has 0 fully saturated rings. The first-order valence-electron chi connectivity index (χ1n) is 6.33. The molecular formula is C13H20N2O5S. The van der Waals surface area contributed by atoms with Crippen molar-refractivity contribution in [2.45, 2.75) is 45.1 Å². The highest BCUT2D eigenvalue weighted by atomic mass is 32.2. The van der Waals surface area contributed by atoms with E-state index in [4.69, 9.17) is 0 Å². The van der Waals surface area contributed by atoms with Crippen molar-refractivity contribution in [2.75, 3.05) is 6.61 Å². The standard InChI is InChI=1S/C13H20N2O5S/c1-8-6-9(2)12(10(3)11(8)15(17)18)21(19,20)14-13(4,5)7-16/h6,14,16H,7H2,1-5H3. The zero-order chi connectivity index (χ0) is 16.6. The molecule has 1 rings (SSSR count). The molecule has 0 aliphatic rings. The van der Waals surface area contributed by atoms with Crippen molar-refractivity contribution < 1.29 is 18.4 Å². The first kappa shape index (κ1) is 17.5. The molecule has 0 heterocycles. The fourth-order valence-electron chi connectivity index (χ4n) is 2.30. The molecule has 21 heavy (non-hydrogen) atoms. The molecule has 0 atom stereocenters. The van der Waals surface area contributed by atoms with Gasteiger partial charge in [-0.15, -0.1) is 0 Å². The molecule has 0 spiro atoms. The summed E-state index contributed by atoms with van der Waals surface area (Å²) in [6.07, 6.45) is 0. The molecule has 0 saturated carbocycles. The number of rotatable bonds is 5. The van der Waals surface area contributed by atoms with Crippen LogP contribution in [0.3, 0.4) is 0 Å². The highest BCUT2D eigenvalue weighted by Gasteiger charge is 2.31. The zero-order valence-corrected chi connectivity index (χ0v) is 13.5. The summed E-state index contributed by atoms with van der Waals surface area (Å²) >= 11 is 0. The minimum absolute atomic E-state index is 0.0961. The van der Waals surface area contributed by atoms with Gasteiger partial charge in [-0.25, -0.2) is 13.1 Å². The number of hydrogen-bond acceptors (Lipinski definition) is 5. The van der Waals surface area contributed by atoms with Crippen LogP contribution in [0.2, 0.25) is 0 Å². The second-order valence-electron chi connectivity index (χ2n) is 5.72. The lowest BCUT2D eigenvalue weighted by molar-refractivity contribution is -0.386. The van der Waals surface area contributed by atoms with Crippen LogP contribution in [0.1, 0.15) is 30.5 Å².